The van der Waals surface area contributed by atoms with E-state index in [1.807, 2.05) is 0 Å². The molecule has 0 radical (unpaired) electrons. The van der Waals surface area contributed by atoms with Gasteiger partial charge in [-0.2, -0.15) is 0 Å². The molecule has 0 saturated carbocycles. The van der Waals surface area contributed by atoms with Crippen LogP contribution in [0.2, 0.25) is 0 Å². The summed E-state index contributed by atoms with van der Waals surface area (Å²) in [4.78, 5) is 2.44. The van der Waals surface area contributed by atoms with Gasteiger partial charge in [0.1, 0.15) is 0 Å². The summed E-state index contributed by atoms with van der Waals surface area (Å²) < 4.78 is 0. The van der Waals surface area contributed by atoms with Crippen LogP contribution in [0.25, 0.3) is 0 Å². The summed E-state index contributed by atoms with van der Waals surface area (Å²) in [5.41, 5.74) is 5.81. The van der Waals surface area contributed by atoms with E-state index in [0.717, 1.165) is 19.5 Å². The Bertz CT molecular complexity index is 162. The van der Waals surface area contributed by atoms with Gasteiger partial charge in [0.05, 0.1) is 6.61 Å². The van der Waals surface area contributed by atoms with Crippen molar-refractivity contribution >= 4 is 0 Å². The second-order valence-electron chi connectivity index (χ2n) is 3.93. The van der Waals surface area contributed by atoms with Gasteiger partial charge in [0.2, 0.25) is 0 Å². The maximum Gasteiger partial charge on any atom is 0.0614 e. The zero-order valence-corrected chi connectivity index (χ0v) is 6.79. The van der Waals surface area contributed by atoms with Crippen molar-refractivity contribution in [2.75, 3.05) is 26.2 Å². The Morgan fingerprint density at radius 2 is 2.36 bits per heavy atom. The van der Waals surface area contributed by atoms with E-state index in [1.165, 1.54) is 13.0 Å². The number of nitrogens with zero attached hydrogens (tertiary/aromatic N) is 1. The Morgan fingerprint density at radius 3 is 3.09 bits per heavy atom. The molecule has 0 amide bonds. The molecule has 64 valence electrons. The lowest BCUT2D eigenvalue weighted by atomic mass is 9.80. The highest BCUT2D eigenvalue weighted by Crippen LogP contribution is 2.33. The van der Waals surface area contributed by atoms with Crippen LogP contribution < -0.4 is 5.73 Å². The van der Waals surface area contributed by atoms with E-state index in [1.54, 1.807) is 0 Å². The van der Waals surface area contributed by atoms with Gasteiger partial charge in [0.15, 0.2) is 0 Å². The summed E-state index contributed by atoms with van der Waals surface area (Å²) >= 11 is 0. The fourth-order valence-electron chi connectivity index (χ4n) is 2.28. The first-order chi connectivity index (χ1) is 5.24. The molecular weight excluding hydrogens is 140 g/mol. The monoisotopic (exact) mass is 156 g/mol. The van der Waals surface area contributed by atoms with Gasteiger partial charge in [-0.15, -0.1) is 0 Å². The lowest BCUT2D eigenvalue weighted by molar-refractivity contribution is 0.0969. The number of hydrogen-bond donors (Lipinski definition) is 2. The molecule has 3 N–H and O–H groups in total. The maximum atomic E-state index is 9.13. The molecule has 2 fully saturated rings. The molecule has 0 aliphatic carbocycles. The number of fused-ring (bicyclic) bond motifs is 2. The topological polar surface area (TPSA) is 49.5 Å². The van der Waals surface area contributed by atoms with Crippen molar-refractivity contribution in [1.29, 1.82) is 0 Å². The van der Waals surface area contributed by atoms with Crippen LogP contribution in [0.3, 0.4) is 0 Å². The second kappa shape index (κ2) is 2.44. The van der Waals surface area contributed by atoms with Crippen LogP contribution in [0.15, 0.2) is 0 Å². The number of aliphatic hydroxyl groups excluding tert-OH is 1. The van der Waals surface area contributed by atoms with Gasteiger partial charge in [-0.25, -0.2) is 0 Å². The molecule has 2 heterocycles. The van der Waals surface area contributed by atoms with Crippen molar-refractivity contribution in [3.8, 4) is 0 Å². The van der Waals surface area contributed by atoms with Gasteiger partial charge in [-0.3, -0.25) is 0 Å². The van der Waals surface area contributed by atoms with Crippen LogP contribution in [-0.4, -0.2) is 41.8 Å². The third-order valence-corrected chi connectivity index (χ3v) is 3.27. The first-order valence-electron chi connectivity index (χ1n) is 4.37. The SMILES string of the molecule is NC1(CO)CCN2CCC1C2. The van der Waals surface area contributed by atoms with Gasteiger partial charge in [0, 0.05) is 12.1 Å². The fourth-order valence-corrected chi connectivity index (χ4v) is 2.28. The Hall–Kier alpha value is -0.120. The summed E-state index contributed by atoms with van der Waals surface area (Å²) in [5, 5.41) is 9.13. The summed E-state index contributed by atoms with van der Waals surface area (Å²) in [7, 11) is 0. The van der Waals surface area contributed by atoms with E-state index in [9.17, 15) is 0 Å². The molecule has 3 heteroatoms. The van der Waals surface area contributed by atoms with Crippen molar-refractivity contribution in [2.45, 2.75) is 18.4 Å². The molecule has 0 spiro atoms. The van der Waals surface area contributed by atoms with Crippen molar-refractivity contribution in [3.05, 3.63) is 0 Å². The Morgan fingerprint density at radius 1 is 1.55 bits per heavy atom. The molecule has 0 aromatic rings. The fraction of sp³-hybridized carbons (Fsp3) is 1.00. The maximum absolute atomic E-state index is 9.13. The van der Waals surface area contributed by atoms with Gasteiger partial charge in [-0.1, -0.05) is 0 Å². The van der Waals surface area contributed by atoms with Crippen LogP contribution in [-0.2, 0) is 0 Å². The summed E-state index contributed by atoms with van der Waals surface area (Å²) in [6, 6.07) is 0. The van der Waals surface area contributed by atoms with Crippen LogP contribution in [0.5, 0.6) is 0 Å². The quantitative estimate of drug-likeness (QED) is 0.533. The predicted molar refractivity (Wildman–Crippen MR) is 43.2 cm³/mol. The normalized spacial score (nSPS) is 49.6. The van der Waals surface area contributed by atoms with Crippen LogP contribution >= 0.6 is 0 Å². The van der Waals surface area contributed by atoms with E-state index in [0.29, 0.717) is 5.92 Å². The average Bonchev–Trinajstić information content (AvgIpc) is 2.44. The highest BCUT2D eigenvalue weighted by molar-refractivity contribution is 5.00. The molecule has 2 aliphatic heterocycles. The number of hydrogen-bond acceptors (Lipinski definition) is 3. The first-order valence-corrected chi connectivity index (χ1v) is 4.37. The van der Waals surface area contributed by atoms with Crippen molar-refractivity contribution in [1.82, 2.24) is 4.90 Å². The van der Waals surface area contributed by atoms with E-state index in [4.69, 9.17) is 10.8 Å². The molecule has 0 aromatic heterocycles. The van der Waals surface area contributed by atoms with Gasteiger partial charge < -0.3 is 15.7 Å². The first kappa shape index (κ1) is 7.53. The minimum atomic E-state index is -0.257. The largest absolute Gasteiger partial charge is 0.394 e. The number of aliphatic hydroxyl groups is 1. The molecule has 2 rings (SSSR count). The Kier molecular flexibility index (Phi) is 1.67. The third-order valence-electron chi connectivity index (χ3n) is 3.27. The number of rotatable bonds is 1. The van der Waals surface area contributed by atoms with Gasteiger partial charge in [0.25, 0.3) is 0 Å². The smallest absolute Gasteiger partial charge is 0.0614 e. The van der Waals surface area contributed by atoms with Crippen LogP contribution in [0.1, 0.15) is 12.8 Å². The molecule has 2 bridgehead atoms. The predicted octanol–water partition coefficient (Wildman–Crippen LogP) is -0.598. The van der Waals surface area contributed by atoms with Crippen molar-refractivity contribution < 1.29 is 5.11 Å². The van der Waals surface area contributed by atoms with Crippen molar-refractivity contribution in [3.63, 3.8) is 0 Å². The second-order valence-corrected chi connectivity index (χ2v) is 3.93. The van der Waals surface area contributed by atoms with Crippen LogP contribution in [0.4, 0.5) is 0 Å². The minimum Gasteiger partial charge on any atom is -0.394 e. The lowest BCUT2D eigenvalue weighted by Crippen LogP contribution is -2.55. The minimum absolute atomic E-state index is 0.158. The number of piperidine rings is 1. The van der Waals surface area contributed by atoms with Crippen LogP contribution in [0, 0.1) is 5.92 Å². The van der Waals surface area contributed by atoms with Gasteiger partial charge in [-0.05, 0) is 31.8 Å². The third kappa shape index (κ3) is 1.08. The lowest BCUT2D eigenvalue weighted by Gasteiger charge is -2.38. The van der Waals surface area contributed by atoms with Gasteiger partial charge >= 0.3 is 0 Å². The standard InChI is InChI=1S/C8H16N2O/c9-8(6-11)2-4-10-3-1-7(8)5-10/h7,11H,1-6,9H2. The summed E-state index contributed by atoms with van der Waals surface area (Å²) in [6.07, 6.45) is 2.14. The summed E-state index contributed by atoms with van der Waals surface area (Å²) in [5.74, 6) is 0.543. The molecule has 3 unspecified atom stereocenters. The van der Waals surface area contributed by atoms with E-state index in [-0.39, 0.29) is 12.1 Å². The van der Waals surface area contributed by atoms with E-state index < -0.39 is 0 Å². The molecule has 0 aromatic carbocycles. The zero-order valence-electron chi connectivity index (χ0n) is 6.79. The highest BCUT2D eigenvalue weighted by atomic mass is 16.3. The molecule has 2 aliphatic rings. The molecule has 3 atom stereocenters. The zero-order chi connectivity index (χ0) is 7.90. The molecule has 2 saturated heterocycles. The number of nitrogens with two attached hydrogens (primary N) is 1. The molecule has 11 heavy (non-hydrogen) atoms. The van der Waals surface area contributed by atoms with E-state index in [2.05, 4.69) is 4.90 Å². The van der Waals surface area contributed by atoms with E-state index >= 15 is 0 Å². The highest BCUT2D eigenvalue weighted by Gasteiger charge is 2.42. The summed E-state index contributed by atoms with van der Waals surface area (Å²) in [6.45, 7) is 3.53. The molecular formula is C8H16N2O. The average molecular weight is 156 g/mol. The Labute approximate surface area is 67.2 Å². The van der Waals surface area contributed by atoms with Crippen molar-refractivity contribution in [2.24, 2.45) is 11.7 Å². The molecule has 3 nitrogen and oxygen atoms in total. The Balaban J connectivity index is 2.12.